The topological polar surface area (TPSA) is 33.0 Å². The number of hydrogen-bond donors (Lipinski definition) is 0. The zero-order valence-corrected chi connectivity index (χ0v) is 11.9. The first kappa shape index (κ1) is 15.7. The average molecular weight is 297 g/mol. The Hall–Kier alpha value is -1.70. The monoisotopic (exact) mass is 297 g/mol. The molecule has 0 aliphatic heterocycles. The molecule has 1 aliphatic rings. The van der Waals surface area contributed by atoms with Gasteiger partial charge < -0.3 is 4.74 Å². The predicted octanol–water partition coefficient (Wildman–Crippen LogP) is 4.85. The van der Waals surface area contributed by atoms with Crippen molar-refractivity contribution in [1.29, 1.82) is 5.26 Å². The van der Waals surface area contributed by atoms with Crippen molar-refractivity contribution in [2.45, 2.75) is 45.4 Å². The molecule has 0 spiro atoms. The fourth-order valence-corrected chi connectivity index (χ4v) is 2.84. The summed E-state index contributed by atoms with van der Waals surface area (Å²) >= 11 is 0. The Morgan fingerprint density at radius 2 is 1.81 bits per heavy atom. The molecule has 0 amide bonds. The van der Waals surface area contributed by atoms with Gasteiger partial charge in [0.2, 0.25) is 0 Å². The molecule has 1 fully saturated rings. The molecule has 0 saturated heterocycles. The van der Waals surface area contributed by atoms with Crippen LogP contribution in [0.5, 0.6) is 5.75 Å². The molecule has 1 aromatic carbocycles. The van der Waals surface area contributed by atoms with Crippen LogP contribution in [0.3, 0.4) is 0 Å². The van der Waals surface area contributed by atoms with Crippen LogP contribution in [-0.4, -0.2) is 6.36 Å². The van der Waals surface area contributed by atoms with E-state index in [1.807, 2.05) is 0 Å². The molecule has 21 heavy (non-hydrogen) atoms. The standard InChI is InChI=1S/C16H18F3NO/c1-12-6-8-15(11-20,9-7-12)10-13-2-4-14(5-3-13)21-16(17,18)19/h2-5,12H,6-10H2,1H3. The van der Waals surface area contributed by atoms with Crippen LogP contribution in [-0.2, 0) is 6.42 Å². The fourth-order valence-electron chi connectivity index (χ4n) is 2.84. The lowest BCUT2D eigenvalue weighted by Gasteiger charge is -2.33. The third-order valence-corrected chi connectivity index (χ3v) is 4.17. The van der Waals surface area contributed by atoms with Gasteiger partial charge in [0.15, 0.2) is 0 Å². The summed E-state index contributed by atoms with van der Waals surface area (Å²) in [7, 11) is 0. The molecule has 1 aliphatic carbocycles. The van der Waals surface area contributed by atoms with E-state index in [1.165, 1.54) is 12.1 Å². The van der Waals surface area contributed by atoms with Gasteiger partial charge in [-0.1, -0.05) is 19.1 Å². The number of rotatable bonds is 3. The van der Waals surface area contributed by atoms with Gasteiger partial charge in [-0.25, -0.2) is 0 Å². The summed E-state index contributed by atoms with van der Waals surface area (Å²) in [5.74, 6) is 0.420. The van der Waals surface area contributed by atoms with E-state index < -0.39 is 6.36 Å². The second-order valence-corrected chi connectivity index (χ2v) is 5.94. The molecule has 1 aromatic rings. The Morgan fingerprint density at radius 1 is 1.24 bits per heavy atom. The minimum atomic E-state index is -4.67. The van der Waals surface area contributed by atoms with Crippen molar-refractivity contribution in [3.8, 4) is 11.8 Å². The summed E-state index contributed by atoms with van der Waals surface area (Å²) in [6.45, 7) is 2.19. The van der Waals surface area contributed by atoms with Crippen LogP contribution in [0, 0.1) is 22.7 Å². The van der Waals surface area contributed by atoms with E-state index in [1.54, 1.807) is 12.1 Å². The molecule has 0 atom stereocenters. The van der Waals surface area contributed by atoms with Gasteiger partial charge in [0.1, 0.15) is 5.75 Å². The molecule has 0 radical (unpaired) electrons. The largest absolute Gasteiger partial charge is 0.573 e. The van der Waals surface area contributed by atoms with Gasteiger partial charge in [-0.15, -0.1) is 13.2 Å². The predicted molar refractivity (Wildman–Crippen MR) is 72.5 cm³/mol. The number of hydrogen-bond acceptors (Lipinski definition) is 2. The summed E-state index contributed by atoms with van der Waals surface area (Å²) in [6, 6.07) is 8.26. The molecule has 0 aromatic heterocycles. The molecule has 2 rings (SSSR count). The summed E-state index contributed by atoms with van der Waals surface area (Å²) in [4.78, 5) is 0. The highest BCUT2D eigenvalue weighted by atomic mass is 19.4. The number of nitrogens with zero attached hydrogens (tertiary/aromatic N) is 1. The average Bonchev–Trinajstić information content (AvgIpc) is 2.42. The van der Waals surface area contributed by atoms with Crippen molar-refractivity contribution in [2.75, 3.05) is 0 Å². The zero-order chi connectivity index (χ0) is 15.5. The lowest BCUT2D eigenvalue weighted by Crippen LogP contribution is -2.27. The van der Waals surface area contributed by atoms with E-state index in [4.69, 9.17) is 0 Å². The molecular weight excluding hydrogens is 279 g/mol. The molecular formula is C16H18F3NO. The molecule has 5 heteroatoms. The molecule has 0 heterocycles. The first-order chi connectivity index (χ1) is 9.82. The van der Waals surface area contributed by atoms with Crippen molar-refractivity contribution >= 4 is 0 Å². The maximum Gasteiger partial charge on any atom is 0.573 e. The summed E-state index contributed by atoms with van der Waals surface area (Å²) in [6.07, 6.45) is -0.319. The van der Waals surface area contributed by atoms with Gasteiger partial charge in [-0.3, -0.25) is 0 Å². The third kappa shape index (κ3) is 4.38. The highest BCUT2D eigenvalue weighted by Gasteiger charge is 2.34. The van der Waals surface area contributed by atoms with Crippen LogP contribution >= 0.6 is 0 Å². The molecule has 1 saturated carbocycles. The van der Waals surface area contributed by atoms with Gasteiger partial charge in [-0.2, -0.15) is 5.26 Å². The quantitative estimate of drug-likeness (QED) is 0.799. The molecule has 0 bridgehead atoms. The Bertz CT molecular complexity index is 508. The second kappa shape index (κ2) is 5.97. The van der Waals surface area contributed by atoms with Crippen molar-refractivity contribution in [3.05, 3.63) is 29.8 Å². The van der Waals surface area contributed by atoms with Crippen molar-refractivity contribution in [3.63, 3.8) is 0 Å². The van der Waals surface area contributed by atoms with Crippen LogP contribution in [0.1, 0.15) is 38.2 Å². The summed E-state index contributed by atoms with van der Waals surface area (Å²) in [5, 5.41) is 9.47. The smallest absolute Gasteiger partial charge is 0.406 e. The number of benzene rings is 1. The number of halogens is 3. The van der Waals surface area contributed by atoms with E-state index in [0.29, 0.717) is 12.3 Å². The van der Waals surface area contributed by atoms with Crippen LogP contribution in [0.4, 0.5) is 13.2 Å². The van der Waals surface area contributed by atoms with Crippen LogP contribution in [0.25, 0.3) is 0 Å². The molecule has 2 nitrogen and oxygen atoms in total. The van der Waals surface area contributed by atoms with Crippen molar-refractivity contribution < 1.29 is 17.9 Å². The van der Waals surface area contributed by atoms with Gasteiger partial charge in [-0.05, 0) is 55.7 Å². The van der Waals surface area contributed by atoms with E-state index in [0.717, 1.165) is 31.2 Å². The minimum Gasteiger partial charge on any atom is -0.406 e. The Labute approximate surface area is 122 Å². The lowest BCUT2D eigenvalue weighted by molar-refractivity contribution is -0.274. The SMILES string of the molecule is CC1CCC(C#N)(Cc2ccc(OC(F)(F)F)cc2)CC1. The summed E-state index contributed by atoms with van der Waals surface area (Å²) < 4.78 is 40.2. The number of alkyl halides is 3. The Morgan fingerprint density at radius 3 is 2.29 bits per heavy atom. The van der Waals surface area contributed by atoms with Crippen LogP contribution in [0.15, 0.2) is 24.3 Å². The molecule has 114 valence electrons. The van der Waals surface area contributed by atoms with Gasteiger partial charge in [0.25, 0.3) is 0 Å². The van der Waals surface area contributed by atoms with E-state index in [2.05, 4.69) is 17.7 Å². The highest BCUT2D eigenvalue weighted by molar-refractivity contribution is 5.29. The third-order valence-electron chi connectivity index (χ3n) is 4.17. The van der Waals surface area contributed by atoms with Crippen LogP contribution in [0.2, 0.25) is 0 Å². The minimum absolute atomic E-state index is 0.227. The normalized spacial score (nSPS) is 26.1. The van der Waals surface area contributed by atoms with E-state index in [-0.39, 0.29) is 11.2 Å². The highest BCUT2D eigenvalue weighted by Crippen LogP contribution is 2.41. The van der Waals surface area contributed by atoms with Gasteiger partial charge in [0, 0.05) is 0 Å². The maximum atomic E-state index is 12.1. The summed E-state index contributed by atoms with van der Waals surface area (Å²) in [5.41, 5.74) is 0.500. The van der Waals surface area contributed by atoms with Crippen molar-refractivity contribution in [1.82, 2.24) is 0 Å². The molecule has 0 N–H and O–H groups in total. The fraction of sp³-hybridized carbons (Fsp3) is 0.562. The lowest BCUT2D eigenvalue weighted by atomic mass is 9.69. The number of nitriles is 1. The van der Waals surface area contributed by atoms with Crippen LogP contribution < -0.4 is 4.74 Å². The maximum absolute atomic E-state index is 12.1. The second-order valence-electron chi connectivity index (χ2n) is 5.94. The first-order valence-electron chi connectivity index (χ1n) is 7.08. The van der Waals surface area contributed by atoms with E-state index in [9.17, 15) is 18.4 Å². The van der Waals surface area contributed by atoms with Gasteiger partial charge in [0.05, 0.1) is 11.5 Å². The molecule has 0 unspecified atom stereocenters. The van der Waals surface area contributed by atoms with Crippen molar-refractivity contribution in [2.24, 2.45) is 11.3 Å². The Balaban J connectivity index is 2.04. The van der Waals surface area contributed by atoms with Gasteiger partial charge >= 0.3 is 6.36 Å². The number of ether oxygens (including phenoxy) is 1. The zero-order valence-electron chi connectivity index (χ0n) is 11.9. The Kier molecular flexibility index (Phi) is 4.46. The first-order valence-corrected chi connectivity index (χ1v) is 7.08. The van der Waals surface area contributed by atoms with E-state index >= 15 is 0 Å².